The van der Waals surface area contributed by atoms with Crippen molar-refractivity contribution in [2.24, 2.45) is 0 Å². The predicted octanol–water partition coefficient (Wildman–Crippen LogP) is 4.52. The fraction of sp³-hybridized carbons (Fsp3) is 0.217. The van der Waals surface area contributed by atoms with E-state index in [1.807, 2.05) is 24.3 Å². The highest BCUT2D eigenvalue weighted by Gasteiger charge is 2.35. The first-order valence-corrected chi connectivity index (χ1v) is 12.5. The number of carbonyl (C=O) groups excluding carboxylic acids is 1. The molecule has 2 aromatic heterocycles. The summed E-state index contributed by atoms with van der Waals surface area (Å²) in [5, 5.41) is 0.553. The highest BCUT2D eigenvalue weighted by molar-refractivity contribution is 7.89. The maximum Gasteiger partial charge on any atom is 0.260 e. The normalized spacial score (nSPS) is 14.2. The number of aromatic nitrogens is 1. The summed E-state index contributed by atoms with van der Waals surface area (Å²) in [6.45, 7) is 0.218. The second-order valence-corrected chi connectivity index (χ2v) is 10.7. The zero-order chi connectivity index (χ0) is 22.3. The molecule has 0 atom stereocenters. The van der Waals surface area contributed by atoms with Crippen LogP contribution in [0.15, 0.2) is 76.2 Å². The third kappa shape index (κ3) is 3.94. The average molecular weight is 468 g/mol. The third-order valence-corrected chi connectivity index (χ3v) is 8.48. The number of rotatable bonds is 7. The molecule has 1 aliphatic carbocycles. The molecule has 2 aromatic carbocycles. The van der Waals surface area contributed by atoms with Crippen LogP contribution in [-0.2, 0) is 16.6 Å². The van der Waals surface area contributed by atoms with Crippen molar-refractivity contribution >= 4 is 42.6 Å². The predicted molar refractivity (Wildman–Crippen MR) is 123 cm³/mol. The van der Waals surface area contributed by atoms with Gasteiger partial charge in [0.2, 0.25) is 10.0 Å². The van der Waals surface area contributed by atoms with E-state index in [0.29, 0.717) is 16.5 Å². The first kappa shape index (κ1) is 20.9. The van der Waals surface area contributed by atoms with Crippen molar-refractivity contribution in [1.29, 1.82) is 0 Å². The molecule has 0 N–H and O–H groups in total. The Morgan fingerprint density at radius 2 is 1.84 bits per heavy atom. The Hall–Kier alpha value is -3.01. The van der Waals surface area contributed by atoms with E-state index in [1.165, 1.54) is 27.8 Å². The molecule has 0 spiro atoms. The minimum atomic E-state index is -3.57. The first-order chi connectivity index (χ1) is 15.4. The minimum Gasteiger partial charge on any atom is -0.467 e. The number of hydrogen-bond donors (Lipinski definition) is 0. The Balaban J connectivity index is 1.46. The van der Waals surface area contributed by atoms with Crippen LogP contribution < -0.4 is 4.90 Å². The zero-order valence-electron chi connectivity index (χ0n) is 17.3. The Kier molecular flexibility index (Phi) is 5.32. The lowest BCUT2D eigenvalue weighted by atomic mass is 10.2. The van der Waals surface area contributed by atoms with Gasteiger partial charge in [-0.3, -0.25) is 9.69 Å². The number of para-hydroxylation sites is 1. The standard InChI is InChI=1S/C23H21N3O4S2/c1-25(17-10-11-17)32(28,29)19-12-8-16(9-13-19)22(27)26(15-18-5-4-14-30-18)23-24-20-6-2-3-7-21(20)31-23/h2-9,12-14,17H,10-11,15H2,1H3. The number of nitrogens with zero attached hydrogens (tertiary/aromatic N) is 3. The van der Waals surface area contributed by atoms with Gasteiger partial charge in [-0.2, -0.15) is 4.31 Å². The molecule has 1 fully saturated rings. The van der Waals surface area contributed by atoms with Crippen LogP contribution in [0.1, 0.15) is 29.0 Å². The van der Waals surface area contributed by atoms with Gasteiger partial charge in [0.1, 0.15) is 5.76 Å². The molecule has 164 valence electrons. The van der Waals surface area contributed by atoms with E-state index in [1.54, 1.807) is 42.5 Å². The van der Waals surface area contributed by atoms with Gasteiger partial charge in [0, 0.05) is 18.7 Å². The number of thiazole rings is 1. The highest BCUT2D eigenvalue weighted by atomic mass is 32.2. The maximum atomic E-state index is 13.5. The number of furan rings is 1. The lowest BCUT2D eigenvalue weighted by molar-refractivity contribution is 0.0983. The van der Waals surface area contributed by atoms with Crippen molar-refractivity contribution in [2.75, 3.05) is 11.9 Å². The molecule has 7 nitrogen and oxygen atoms in total. The van der Waals surface area contributed by atoms with Crippen LogP contribution in [0.2, 0.25) is 0 Å². The van der Waals surface area contributed by atoms with Gasteiger partial charge >= 0.3 is 0 Å². The summed E-state index contributed by atoms with van der Waals surface area (Å²) in [5.74, 6) is 0.350. The monoisotopic (exact) mass is 467 g/mol. The summed E-state index contributed by atoms with van der Waals surface area (Å²) < 4.78 is 33.4. The summed E-state index contributed by atoms with van der Waals surface area (Å²) in [4.78, 5) is 19.8. The number of amides is 1. The van der Waals surface area contributed by atoms with E-state index in [-0.39, 0.29) is 23.4 Å². The van der Waals surface area contributed by atoms with Crippen LogP contribution in [0, 0.1) is 0 Å². The number of anilines is 1. The van der Waals surface area contributed by atoms with E-state index in [2.05, 4.69) is 4.98 Å². The number of sulfonamides is 1. The summed E-state index contributed by atoms with van der Waals surface area (Å²) in [6, 6.07) is 17.4. The first-order valence-electron chi connectivity index (χ1n) is 10.2. The van der Waals surface area contributed by atoms with Gasteiger partial charge in [0.05, 0.1) is 27.9 Å². The average Bonchev–Trinajstić information content (AvgIpc) is 3.35. The van der Waals surface area contributed by atoms with Crippen molar-refractivity contribution in [3.8, 4) is 0 Å². The quantitative estimate of drug-likeness (QED) is 0.399. The molecule has 2 heterocycles. The van der Waals surface area contributed by atoms with E-state index in [0.717, 1.165) is 23.1 Å². The second-order valence-electron chi connectivity index (χ2n) is 7.71. The zero-order valence-corrected chi connectivity index (χ0v) is 19.0. The lowest BCUT2D eigenvalue weighted by Crippen LogP contribution is -2.31. The van der Waals surface area contributed by atoms with Crippen molar-refractivity contribution in [3.05, 3.63) is 78.3 Å². The second kappa shape index (κ2) is 8.16. The molecule has 0 saturated heterocycles. The Morgan fingerprint density at radius 3 is 2.50 bits per heavy atom. The Morgan fingerprint density at radius 1 is 1.09 bits per heavy atom. The lowest BCUT2D eigenvalue weighted by Gasteiger charge is -2.19. The van der Waals surface area contributed by atoms with Crippen molar-refractivity contribution in [2.45, 2.75) is 30.3 Å². The van der Waals surface area contributed by atoms with E-state index in [9.17, 15) is 13.2 Å². The van der Waals surface area contributed by atoms with Gasteiger partial charge in [-0.25, -0.2) is 13.4 Å². The van der Waals surface area contributed by atoms with E-state index < -0.39 is 10.0 Å². The fourth-order valence-electron chi connectivity index (χ4n) is 3.49. The third-order valence-electron chi connectivity index (χ3n) is 5.49. The Labute approximate surface area is 190 Å². The molecule has 5 rings (SSSR count). The molecule has 1 saturated carbocycles. The van der Waals surface area contributed by atoms with E-state index in [4.69, 9.17) is 4.42 Å². The van der Waals surface area contributed by atoms with Gasteiger partial charge < -0.3 is 4.42 Å². The minimum absolute atomic E-state index is 0.0733. The molecule has 4 aromatic rings. The number of hydrogen-bond acceptors (Lipinski definition) is 6. The molecule has 0 bridgehead atoms. The van der Waals surface area contributed by atoms with Crippen molar-refractivity contribution in [1.82, 2.24) is 9.29 Å². The maximum absolute atomic E-state index is 13.5. The van der Waals surface area contributed by atoms with Crippen molar-refractivity contribution < 1.29 is 17.6 Å². The highest BCUT2D eigenvalue weighted by Crippen LogP contribution is 2.32. The molecule has 32 heavy (non-hydrogen) atoms. The summed E-state index contributed by atoms with van der Waals surface area (Å²) >= 11 is 1.42. The summed E-state index contributed by atoms with van der Waals surface area (Å²) in [5.41, 5.74) is 1.19. The van der Waals surface area contributed by atoms with Crippen LogP contribution in [0.5, 0.6) is 0 Å². The van der Waals surface area contributed by atoms with E-state index >= 15 is 0 Å². The van der Waals surface area contributed by atoms with Crippen LogP contribution in [0.25, 0.3) is 10.2 Å². The molecule has 1 aliphatic rings. The van der Waals surface area contributed by atoms with Gasteiger partial charge in [-0.05, 0) is 61.4 Å². The molecule has 0 unspecified atom stereocenters. The summed E-state index contributed by atoms with van der Waals surface area (Å²) in [7, 11) is -1.96. The van der Waals surface area contributed by atoms with Crippen LogP contribution in [-0.4, -0.2) is 36.7 Å². The molecule has 0 radical (unpaired) electrons. The molecular weight excluding hydrogens is 446 g/mol. The smallest absolute Gasteiger partial charge is 0.260 e. The fourth-order valence-corrected chi connectivity index (χ4v) is 5.87. The Bertz CT molecular complexity index is 1330. The van der Waals surface area contributed by atoms with Gasteiger partial charge in [0.15, 0.2) is 5.13 Å². The molecule has 0 aliphatic heterocycles. The number of benzene rings is 2. The number of carbonyl (C=O) groups is 1. The van der Waals surface area contributed by atoms with Crippen LogP contribution in [0.3, 0.4) is 0 Å². The van der Waals surface area contributed by atoms with Gasteiger partial charge in [0.25, 0.3) is 5.91 Å². The van der Waals surface area contributed by atoms with Crippen molar-refractivity contribution in [3.63, 3.8) is 0 Å². The van der Waals surface area contributed by atoms with Gasteiger partial charge in [-0.1, -0.05) is 23.5 Å². The SMILES string of the molecule is CN(C1CC1)S(=O)(=O)c1ccc(C(=O)N(Cc2ccco2)c2nc3ccccc3s2)cc1. The molecule has 9 heteroatoms. The topological polar surface area (TPSA) is 83.7 Å². The molecule has 1 amide bonds. The van der Waals surface area contributed by atoms with Crippen LogP contribution in [0.4, 0.5) is 5.13 Å². The molecular formula is C23H21N3O4S2. The summed E-state index contributed by atoms with van der Waals surface area (Å²) in [6.07, 6.45) is 3.33. The number of fused-ring (bicyclic) bond motifs is 1. The van der Waals surface area contributed by atoms with Crippen LogP contribution >= 0.6 is 11.3 Å². The van der Waals surface area contributed by atoms with Gasteiger partial charge in [-0.15, -0.1) is 0 Å². The largest absolute Gasteiger partial charge is 0.467 e.